The highest BCUT2D eigenvalue weighted by molar-refractivity contribution is 6.14. The van der Waals surface area contributed by atoms with Gasteiger partial charge >= 0.3 is 12.1 Å². The number of carboxylic acid groups (broad SMARTS) is 1. The smallest absolute Gasteiger partial charge is 0.407 e. The van der Waals surface area contributed by atoms with Gasteiger partial charge in [0.1, 0.15) is 11.3 Å². The summed E-state index contributed by atoms with van der Waals surface area (Å²) < 4.78 is 7.08. The van der Waals surface area contributed by atoms with Crippen molar-refractivity contribution in [3.63, 3.8) is 0 Å². The van der Waals surface area contributed by atoms with Crippen LogP contribution in [0.1, 0.15) is 78.4 Å². The first-order valence-electron chi connectivity index (χ1n) is 14.1. The third kappa shape index (κ3) is 6.08. The fourth-order valence-electron chi connectivity index (χ4n) is 5.75. The summed E-state index contributed by atoms with van der Waals surface area (Å²) in [5.74, 6) is -1.69. The second kappa shape index (κ2) is 11.6. The highest BCUT2D eigenvalue weighted by Crippen LogP contribution is 2.31. The van der Waals surface area contributed by atoms with Crippen LogP contribution in [0.15, 0.2) is 60.7 Å². The number of carbonyl (C=O) groups is 3. The van der Waals surface area contributed by atoms with Crippen molar-refractivity contribution in [2.24, 2.45) is 0 Å². The van der Waals surface area contributed by atoms with E-state index in [1.54, 1.807) is 22.8 Å². The standard InChI is InChI=1S/C33H34N4O5/c1-33(2,3)42-32(41)36-24-14-12-23(13-15-24)35-30(38)29-28(31(39)40)26-16-11-20(18-34)17-27(26)37(29)19-22-9-6-8-21-7-4-5-10-25(21)22/h4-11,16-17,23-24H,12-15,19H2,1-3H3,(H,35,38)(H,36,41)(H,39,40)/t23-,24-. The molecule has 42 heavy (non-hydrogen) atoms. The molecule has 2 amide bonds. The van der Waals surface area contributed by atoms with Crippen LogP contribution in [0.5, 0.6) is 0 Å². The molecule has 1 fully saturated rings. The molecular formula is C33H34N4O5. The average molecular weight is 567 g/mol. The minimum Gasteiger partial charge on any atom is -0.478 e. The first-order chi connectivity index (χ1) is 20.0. The Labute approximate surface area is 244 Å². The van der Waals surface area contributed by atoms with Gasteiger partial charge in [-0.3, -0.25) is 4.79 Å². The van der Waals surface area contributed by atoms with Crippen LogP contribution in [0.25, 0.3) is 21.7 Å². The number of fused-ring (bicyclic) bond motifs is 2. The Bertz CT molecular complexity index is 1710. The predicted octanol–water partition coefficient (Wildman–Crippen LogP) is 5.98. The van der Waals surface area contributed by atoms with Gasteiger partial charge in [0.25, 0.3) is 5.91 Å². The molecule has 4 aromatic rings. The number of carboxylic acids is 1. The molecule has 0 spiro atoms. The van der Waals surface area contributed by atoms with Crippen LogP contribution in [0.4, 0.5) is 4.79 Å². The number of amides is 2. The number of hydrogen-bond acceptors (Lipinski definition) is 5. The summed E-state index contributed by atoms with van der Waals surface area (Å²) in [7, 11) is 0. The normalized spacial score (nSPS) is 17.0. The van der Waals surface area contributed by atoms with Gasteiger partial charge in [-0.1, -0.05) is 48.5 Å². The minimum atomic E-state index is -1.21. The molecule has 9 nitrogen and oxygen atoms in total. The van der Waals surface area contributed by atoms with Crippen LogP contribution in [0, 0.1) is 11.3 Å². The quantitative estimate of drug-likeness (QED) is 0.263. The van der Waals surface area contributed by atoms with Gasteiger partial charge in [0.05, 0.1) is 22.7 Å². The summed E-state index contributed by atoms with van der Waals surface area (Å²) in [4.78, 5) is 38.7. The predicted molar refractivity (Wildman–Crippen MR) is 160 cm³/mol. The van der Waals surface area contributed by atoms with E-state index in [2.05, 4.69) is 16.7 Å². The molecule has 216 valence electrons. The van der Waals surface area contributed by atoms with E-state index in [-0.39, 0.29) is 29.9 Å². The summed E-state index contributed by atoms with van der Waals surface area (Å²) in [6.07, 6.45) is 2.09. The number of aromatic carboxylic acids is 1. The Balaban J connectivity index is 1.45. The van der Waals surface area contributed by atoms with Crippen molar-refractivity contribution in [1.82, 2.24) is 15.2 Å². The van der Waals surface area contributed by atoms with Crippen LogP contribution < -0.4 is 10.6 Å². The van der Waals surface area contributed by atoms with Crippen LogP contribution in [-0.4, -0.2) is 45.3 Å². The Hall–Kier alpha value is -4.84. The molecule has 0 bridgehead atoms. The fraction of sp³-hybridized carbons (Fsp3) is 0.333. The lowest BCUT2D eigenvalue weighted by Crippen LogP contribution is -2.45. The van der Waals surface area contributed by atoms with Crippen molar-refractivity contribution < 1.29 is 24.2 Å². The molecule has 1 heterocycles. The van der Waals surface area contributed by atoms with Gasteiger partial charge in [-0.15, -0.1) is 0 Å². The molecular weight excluding hydrogens is 532 g/mol. The number of rotatable bonds is 6. The van der Waals surface area contributed by atoms with E-state index in [0.717, 1.165) is 16.3 Å². The lowest BCUT2D eigenvalue weighted by atomic mass is 9.91. The van der Waals surface area contributed by atoms with Gasteiger partial charge in [0, 0.05) is 24.0 Å². The summed E-state index contributed by atoms with van der Waals surface area (Å²) >= 11 is 0. The lowest BCUT2D eigenvalue weighted by Gasteiger charge is -2.30. The number of nitrogens with zero attached hydrogens (tertiary/aromatic N) is 2. The second-order valence-electron chi connectivity index (χ2n) is 11.8. The lowest BCUT2D eigenvalue weighted by molar-refractivity contribution is 0.0487. The molecule has 0 atom stereocenters. The van der Waals surface area contributed by atoms with Crippen molar-refractivity contribution in [3.05, 3.63) is 83.0 Å². The van der Waals surface area contributed by atoms with Crippen LogP contribution >= 0.6 is 0 Å². The molecule has 0 radical (unpaired) electrons. The number of nitrogens with one attached hydrogen (secondary N) is 2. The number of nitriles is 1. The van der Waals surface area contributed by atoms with Gasteiger partial charge in [-0.2, -0.15) is 5.26 Å². The van der Waals surface area contributed by atoms with Crippen molar-refractivity contribution >= 4 is 39.6 Å². The van der Waals surface area contributed by atoms with Crippen molar-refractivity contribution in [1.29, 1.82) is 5.26 Å². The van der Waals surface area contributed by atoms with Gasteiger partial charge in [0.2, 0.25) is 0 Å². The highest BCUT2D eigenvalue weighted by atomic mass is 16.6. The molecule has 9 heteroatoms. The van der Waals surface area contributed by atoms with Crippen LogP contribution in [0.2, 0.25) is 0 Å². The summed E-state index contributed by atoms with van der Waals surface area (Å²) in [5, 5.41) is 28.3. The maximum atomic E-state index is 13.9. The number of carbonyl (C=O) groups excluding carboxylic acids is 2. The number of benzene rings is 3. The molecule has 5 rings (SSSR count). The third-order valence-electron chi connectivity index (χ3n) is 7.61. The molecule has 3 N–H and O–H groups in total. The Morgan fingerprint density at radius 1 is 0.952 bits per heavy atom. The largest absolute Gasteiger partial charge is 0.478 e. The minimum absolute atomic E-state index is 0.0505. The highest BCUT2D eigenvalue weighted by Gasteiger charge is 2.31. The zero-order valence-electron chi connectivity index (χ0n) is 23.9. The topological polar surface area (TPSA) is 133 Å². The van der Waals surface area contributed by atoms with Crippen LogP contribution in [0.3, 0.4) is 0 Å². The number of ether oxygens (including phenoxy) is 1. The number of hydrogen-bond donors (Lipinski definition) is 3. The first-order valence-corrected chi connectivity index (χ1v) is 14.1. The second-order valence-corrected chi connectivity index (χ2v) is 11.8. The SMILES string of the molecule is CC(C)(C)OC(=O)N[C@H]1CC[C@H](NC(=O)c2c(C(=O)O)c3ccc(C#N)cc3n2Cc2cccc3ccccc23)CC1. The van der Waals surface area contributed by atoms with E-state index in [9.17, 15) is 24.8 Å². The average Bonchev–Trinajstić information content (AvgIpc) is 3.27. The monoisotopic (exact) mass is 566 g/mol. The fourth-order valence-corrected chi connectivity index (χ4v) is 5.75. The van der Waals surface area contributed by atoms with Gasteiger partial charge in [0.15, 0.2) is 0 Å². The number of alkyl carbamates (subject to hydrolysis) is 1. The molecule has 1 aliphatic rings. The Morgan fingerprint density at radius 2 is 1.62 bits per heavy atom. The van der Waals surface area contributed by atoms with E-state index < -0.39 is 23.6 Å². The Morgan fingerprint density at radius 3 is 2.29 bits per heavy atom. The summed E-state index contributed by atoms with van der Waals surface area (Å²) in [6.45, 7) is 5.68. The van der Waals surface area contributed by atoms with E-state index in [4.69, 9.17) is 4.74 Å². The zero-order chi connectivity index (χ0) is 30.0. The Kier molecular flexibility index (Phi) is 7.90. The number of aromatic nitrogens is 1. The van der Waals surface area contributed by atoms with Crippen LogP contribution in [-0.2, 0) is 11.3 Å². The van der Waals surface area contributed by atoms with Crippen molar-refractivity contribution in [2.75, 3.05) is 0 Å². The van der Waals surface area contributed by atoms with Gasteiger partial charge < -0.3 is 25.0 Å². The van der Waals surface area contributed by atoms with Crippen molar-refractivity contribution in [2.45, 2.75) is 70.7 Å². The third-order valence-corrected chi connectivity index (χ3v) is 7.61. The molecule has 0 aliphatic heterocycles. The van der Waals surface area contributed by atoms with E-state index in [1.807, 2.05) is 63.2 Å². The molecule has 1 saturated carbocycles. The van der Waals surface area contributed by atoms with E-state index in [0.29, 0.717) is 42.1 Å². The van der Waals surface area contributed by atoms with Gasteiger partial charge in [-0.25, -0.2) is 9.59 Å². The summed E-state index contributed by atoms with van der Waals surface area (Å²) in [6, 6.07) is 20.5. The molecule has 3 aromatic carbocycles. The summed E-state index contributed by atoms with van der Waals surface area (Å²) in [5.41, 5.74) is 1.18. The zero-order valence-corrected chi connectivity index (χ0v) is 23.9. The molecule has 1 aromatic heterocycles. The maximum Gasteiger partial charge on any atom is 0.407 e. The van der Waals surface area contributed by atoms with Gasteiger partial charge in [-0.05, 0) is 74.9 Å². The maximum absolute atomic E-state index is 13.9. The van der Waals surface area contributed by atoms with Crippen molar-refractivity contribution in [3.8, 4) is 6.07 Å². The molecule has 0 saturated heterocycles. The van der Waals surface area contributed by atoms with E-state index in [1.165, 1.54) is 0 Å². The molecule has 0 unspecified atom stereocenters. The molecule has 1 aliphatic carbocycles. The first kappa shape index (κ1) is 28.7. The van der Waals surface area contributed by atoms with E-state index >= 15 is 0 Å².